The first-order chi connectivity index (χ1) is 35.0. The predicted molar refractivity (Wildman–Crippen MR) is 274 cm³/mol. The van der Waals surface area contributed by atoms with Crippen molar-refractivity contribution in [2.75, 3.05) is 39.4 Å². The Morgan fingerprint density at radius 2 is 1.43 bits per heavy atom. The Kier molecular flexibility index (Phi) is 15.4. The van der Waals surface area contributed by atoms with Gasteiger partial charge >= 0.3 is 6.09 Å². The molecule has 1 amide bonds. The third-order valence-corrected chi connectivity index (χ3v) is 15.2. The van der Waals surface area contributed by atoms with Crippen LogP contribution in [0.3, 0.4) is 0 Å². The molecule has 7 aromatic rings. The van der Waals surface area contributed by atoms with Gasteiger partial charge in [-0.1, -0.05) is 103 Å². The van der Waals surface area contributed by atoms with Crippen LogP contribution in [-0.4, -0.2) is 88.6 Å². The Morgan fingerprint density at radius 3 is 2.01 bits per heavy atom. The van der Waals surface area contributed by atoms with E-state index in [1.807, 2.05) is 115 Å². The third kappa shape index (κ3) is 10.2. The number of carbonyl (C=O) groups excluding carboxylic acids is 1. The fourth-order valence-corrected chi connectivity index (χ4v) is 11.5. The van der Waals surface area contributed by atoms with Crippen molar-refractivity contribution in [1.82, 2.24) is 24.2 Å². The molecule has 4 atom stereocenters. The van der Waals surface area contributed by atoms with E-state index in [2.05, 4.69) is 65.9 Å². The Morgan fingerprint density at radius 1 is 0.847 bits per heavy atom. The Bertz CT molecular complexity index is 2970. The zero-order chi connectivity index (χ0) is 50.4. The van der Waals surface area contributed by atoms with Gasteiger partial charge in [-0.15, -0.1) is 0 Å². The first-order valence-corrected chi connectivity index (χ1v) is 25.1. The van der Waals surface area contributed by atoms with Crippen LogP contribution in [0.5, 0.6) is 11.5 Å². The van der Waals surface area contributed by atoms with Crippen molar-refractivity contribution in [2.24, 2.45) is 0 Å². The normalized spacial score (nSPS) is 17.0. The summed E-state index contributed by atoms with van der Waals surface area (Å²) < 4.78 is 48.7. The molecule has 0 bridgehead atoms. The lowest BCUT2D eigenvalue weighted by Gasteiger charge is -2.39. The number of benzene rings is 5. The van der Waals surface area contributed by atoms with Crippen LogP contribution in [-0.2, 0) is 28.9 Å². The summed E-state index contributed by atoms with van der Waals surface area (Å²) >= 11 is 0. The maximum absolute atomic E-state index is 13.6. The van der Waals surface area contributed by atoms with E-state index in [0.717, 1.165) is 38.9 Å². The van der Waals surface area contributed by atoms with E-state index in [-0.39, 0.29) is 67.8 Å². The zero-order valence-electron chi connectivity index (χ0n) is 41.1. The van der Waals surface area contributed by atoms with E-state index < -0.39 is 44.2 Å². The van der Waals surface area contributed by atoms with Crippen molar-refractivity contribution in [3.8, 4) is 28.7 Å². The molecule has 17 heteroatoms. The highest BCUT2D eigenvalue weighted by atomic mass is 31.2. The van der Waals surface area contributed by atoms with E-state index >= 15 is 0 Å². The number of aromatic amines is 1. The van der Waals surface area contributed by atoms with E-state index in [9.17, 15) is 14.9 Å². The molecule has 3 heterocycles. The first-order valence-electron chi connectivity index (χ1n) is 24.0. The lowest BCUT2D eigenvalue weighted by molar-refractivity contribution is -0.0912. The number of nitrogens with one attached hydrogen (secondary N) is 2. The highest BCUT2D eigenvalue weighted by Gasteiger charge is 2.45. The van der Waals surface area contributed by atoms with Crippen molar-refractivity contribution >= 4 is 31.7 Å². The number of ether oxygens (including phenoxy) is 5. The second-order valence-corrected chi connectivity index (χ2v) is 19.5. The number of hydrogen-bond donors (Lipinski definition) is 2. The molecule has 2 aromatic heterocycles. The molecule has 0 spiro atoms. The molecule has 0 saturated carbocycles. The third-order valence-electron chi connectivity index (χ3n) is 13.0. The summed E-state index contributed by atoms with van der Waals surface area (Å²) in [5.41, 5.74) is 5.35. The molecule has 1 aliphatic heterocycles. The number of methoxy groups -OCH3 is 2. The molecular formula is C55H58N7O9P. The van der Waals surface area contributed by atoms with Crippen LogP contribution in [0.4, 0.5) is 10.7 Å². The Labute approximate surface area is 419 Å². The van der Waals surface area contributed by atoms with Crippen molar-refractivity contribution in [2.45, 2.75) is 82.6 Å². The van der Waals surface area contributed by atoms with Crippen LogP contribution in [0.2, 0.25) is 0 Å². The maximum Gasteiger partial charge on any atom is 0.414 e. The van der Waals surface area contributed by atoms with E-state index in [4.69, 9.17) is 37.7 Å². The van der Waals surface area contributed by atoms with Gasteiger partial charge in [-0.25, -0.2) is 14.4 Å². The minimum absolute atomic E-state index is 0.00801. The van der Waals surface area contributed by atoms with Crippen LogP contribution < -0.4 is 20.3 Å². The number of fused-ring (bicyclic) bond motifs is 4. The van der Waals surface area contributed by atoms with Gasteiger partial charge in [0.15, 0.2) is 11.2 Å². The molecule has 5 aromatic carbocycles. The predicted octanol–water partition coefficient (Wildman–Crippen LogP) is 10.5. The van der Waals surface area contributed by atoms with Crippen molar-refractivity contribution in [1.29, 1.82) is 5.26 Å². The zero-order valence-corrected chi connectivity index (χ0v) is 42.0. The molecule has 2 aliphatic rings. The first kappa shape index (κ1) is 50.0. The summed E-state index contributed by atoms with van der Waals surface area (Å²) in [6.07, 6.45) is -1.01. The lowest BCUT2D eigenvalue weighted by Crippen LogP contribution is -2.39. The van der Waals surface area contributed by atoms with Crippen LogP contribution in [0.1, 0.15) is 80.5 Å². The van der Waals surface area contributed by atoms with Gasteiger partial charge in [0.05, 0.1) is 52.4 Å². The number of rotatable bonds is 20. The highest BCUT2D eigenvalue weighted by Crippen LogP contribution is 2.51. The van der Waals surface area contributed by atoms with Gasteiger partial charge < -0.3 is 32.7 Å². The van der Waals surface area contributed by atoms with Gasteiger partial charge in [0.25, 0.3) is 14.1 Å². The number of carbonyl (C=O) groups is 1. The second kappa shape index (κ2) is 22.2. The number of H-pyrrole nitrogens is 1. The summed E-state index contributed by atoms with van der Waals surface area (Å²) in [7, 11) is 1.52. The average molecular weight is 992 g/mol. The fourth-order valence-electron chi connectivity index (χ4n) is 9.75. The summed E-state index contributed by atoms with van der Waals surface area (Å²) in [5, 5.41) is 12.1. The maximum atomic E-state index is 13.6. The number of aromatic nitrogens is 4. The number of amides is 1. The monoisotopic (exact) mass is 991 g/mol. The van der Waals surface area contributed by atoms with E-state index in [1.165, 1.54) is 6.33 Å². The topological polar surface area (TPSA) is 184 Å². The fraction of sp³-hybridized carbons (Fsp3) is 0.327. The summed E-state index contributed by atoms with van der Waals surface area (Å²) in [5.74, 6) is 1.09. The summed E-state index contributed by atoms with van der Waals surface area (Å²) in [6, 6.07) is 43.9. The molecule has 1 fully saturated rings. The molecule has 1 saturated heterocycles. The van der Waals surface area contributed by atoms with Gasteiger partial charge in [0.1, 0.15) is 36.0 Å². The molecule has 16 nitrogen and oxygen atoms in total. The SMILES string of the molecule is COc1ccc(C(OC[C@H]2O[C@@H](n3cnc4c(=O)[nH]c(NC(=O)OCC5c6ccccc6-c6ccccc65)nc43)C[C@@H]2OP(OCCC#N)N(C(C)C)C(C)C)(c2ccccc2)c2ccc(OC)cc2)cc1. The number of hydrogen-bond acceptors (Lipinski definition) is 13. The van der Waals surface area contributed by atoms with Gasteiger partial charge in [-0.05, 0) is 90.9 Å². The van der Waals surface area contributed by atoms with E-state index in [1.54, 1.807) is 18.8 Å². The minimum Gasteiger partial charge on any atom is -0.497 e. The highest BCUT2D eigenvalue weighted by molar-refractivity contribution is 7.44. The van der Waals surface area contributed by atoms with Crippen molar-refractivity contribution in [3.63, 3.8) is 0 Å². The summed E-state index contributed by atoms with van der Waals surface area (Å²) in [4.78, 5) is 38.9. The number of imidazole rings is 1. The smallest absolute Gasteiger partial charge is 0.414 e. The van der Waals surface area contributed by atoms with Crippen molar-refractivity contribution < 1.29 is 37.5 Å². The lowest BCUT2D eigenvalue weighted by atomic mass is 9.80. The van der Waals surface area contributed by atoms with Crippen molar-refractivity contribution in [3.05, 3.63) is 172 Å². The Balaban J connectivity index is 1.04. The molecule has 2 N–H and O–H groups in total. The van der Waals surface area contributed by atoms with Crippen LogP contribution in [0.25, 0.3) is 22.3 Å². The number of nitriles is 1. The number of anilines is 1. The average Bonchev–Trinajstić information content (AvgIpc) is 4.10. The molecule has 372 valence electrons. The van der Waals surface area contributed by atoms with Gasteiger partial charge in [0.2, 0.25) is 5.95 Å². The minimum atomic E-state index is -1.74. The van der Waals surface area contributed by atoms with Gasteiger partial charge in [-0.2, -0.15) is 10.2 Å². The van der Waals surface area contributed by atoms with Crippen LogP contribution in [0, 0.1) is 11.3 Å². The molecule has 0 radical (unpaired) electrons. The molecule has 1 aliphatic carbocycles. The van der Waals surface area contributed by atoms with Gasteiger partial charge in [-0.3, -0.25) is 19.7 Å². The second-order valence-electron chi connectivity index (χ2n) is 18.1. The number of nitrogens with zero attached hydrogens (tertiary/aromatic N) is 5. The quantitative estimate of drug-likeness (QED) is 0.0418. The standard InChI is InChI=1S/C55H58N7O9P/c1-35(2)62(36(3)4)72(69-30-14-29-56)71-47-31-49(70-48(47)33-68-55(37-15-8-7-9-16-37,38-21-25-40(65-5)26-22-38)39-23-27-41(66-6)28-24-39)61-34-57-50-51(61)58-53(59-52(50)63)60-54(64)67-32-46-44-19-12-10-17-42(44)43-18-11-13-20-45(43)46/h7-13,15-28,34-36,46-49H,14,30-33H2,1-6H3,(H2,58,59,60,63,64)/t47-,48+,49+,72?/m0/s1. The largest absolute Gasteiger partial charge is 0.497 e. The van der Waals surface area contributed by atoms with Crippen LogP contribution in [0.15, 0.2) is 139 Å². The molecule has 1 unspecified atom stereocenters. The Hall–Kier alpha value is -6.96. The molecular weight excluding hydrogens is 934 g/mol. The molecule has 72 heavy (non-hydrogen) atoms. The summed E-state index contributed by atoms with van der Waals surface area (Å²) in [6.45, 7) is 8.55. The molecule has 9 rings (SSSR count). The van der Waals surface area contributed by atoms with Crippen LogP contribution >= 0.6 is 8.53 Å². The van der Waals surface area contributed by atoms with E-state index in [0.29, 0.717) is 11.5 Å². The van der Waals surface area contributed by atoms with Gasteiger partial charge in [0, 0.05) is 24.4 Å².